The van der Waals surface area contributed by atoms with Gasteiger partial charge >= 0.3 is 0 Å². The molecule has 1 aliphatic heterocycles. The van der Waals surface area contributed by atoms with Gasteiger partial charge in [-0.05, 0) is 36.7 Å². The number of fused-ring (bicyclic) bond motifs is 1. The first kappa shape index (κ1) is 12.3. The Kier molecular flexibility index (Phi) is 3.56. The SMILES string of the molecule is CNCc1ccn(CC2CCOc3ccccc32)c1. The fourth-order valence-electron chi connectivity index (χ4n) is 2.77. The van der Waals surface area contributed by atoms with Gasteiger partial charge in [-0.3, -0.25) is 0 Å². The van der Waals surface area contributed by atoms with Crippen LogP contribution in [0.15, 0.2) is 42.7 Å². The molecule has 3 heteroatoms. The van der Waals surface area contributed by atoms with E-state index < -0.39 is 0 Å². The Labute approximate surface area is 114 Å². The molecule has 1 atom stereocenters. The van der Waals surface area contributed by atoms with Crippen LogP contribution in [0.3, 0.4) is 0 Å². The fourth-order valence-corrected chi connectivity index (χ4v) is 2.77. The molecule has 100 valence electrons. The molecule has 0 bridgehead atoms. The molecule has 0 aliphatic carbocycles. The first-order chi connectivity index (χ1) is 9.36. The van der Waals surface area contributed by atoms with E-state index >= 15 is 0 Å². The number of benzene rings is 1. The van der Waals surface area contributed by atoms with Crippen LogP contribution in [0.4, 0.5) is 0 Å². The molecular weight excluding hydrogens is 236 g/mol. The minimum absolute atomic E-state index is 0.555. The van der Waals surface area contributed by atoms with Crippen molar-refractivity contribution in [3.8, 4) is 5.75 Å². The van der Waals surface area contributed by atoms with Gasteiger partial charge < -0.3 is 14.6 Å². The summed E-state index contributed by atoms with van der Waals surface area (Å²) >= 11 is 0. The van der Waals surface area contributed by atoms with E-state index in [4.69, 9.17) is 4.74 Å². The number of hydrogen-bond donors (Lipinski definition) is 1. The highest BCUT2D eigenvalue weighted by molar-refractivity contribution is 5.37. The minimum Gasteiger partial charge on any atom is -0.493 e. The largest absolute Gasteiger partial charge is 0.493 e. The molecule has 2 aromatic rings. The third-order valence-electron chi connectivity index (χ3n) is 3.71. The van der Waals surface area contributed by atoms with Gasteiger partial charge in [-0.15, -0.1) is 0 Å². The zero-order valence-electron chi connectivity index (χ0n) is 11.3. The van der Waals surface area contributed by atoms with Gasteiger partial charge in [0.05, 0.1) is 6.61 Å². The Bertz CT molecular complexity index is 547. The molecule has 1 N–H and O–H groups in total. The maximum Gasteiger partial charge on any atom is 0.122 e. The molecule has 1 unspecified atom stereocenters. The van der Waals surface area contributed by atoms with E-state index in [-0.39, 0.29) is 0 Å². The van der Waals surface area contributed by atoms with Gasteiger partial charge in [-0.1, -0.05) is 18.2 Å². The Balaban J connectivity index is 1.76. The van der Waals surface area contributed by atoms with Crippen LogP contribution >= 0.6 is 0 Å². The molecule has 1 aliphatic rings. The predicted molar refractivity (Wildman–Crippen MR) is 76.5 cm³/mol. The number of ether oxygens (including phenoxy) is 1. The molecule has 0 amide bonds. The molecule has 0 fully saturated rings. The van der Waals surface area contributed by atoms with Gasteiger partial charge in [-0.2, -0.15) is 0 Å². The summed E-state index contributed by atoms with van der Waals surface area (Å²) in [7, 11) is 1.98. The summed E-state index contributed by atoms with van der Waals surface area (Å²) in [5.41, 5.74) is 2.68. The van der Waals surface area contributed by atoms with Gasteiger partial charge in [0.25, 0.3) is 0 Å². The molecule has 2 heterocycles. The summed E-state index contributed by atoms with van der Waals surface area (Å²) in [5.74, 6) is 1.61. The first-order valence-corrected chi connectivity index (χ1v) is 6.88. The molecule has 0 saturated heterocycles. The molecule has 3 rings (SSSR count). The molecule has 1 aromatic heterocycles. The summed E-state index contributed by atoms with van der Waals surface area (Å²) in [5, 5.41) is 3.18. The van der Waals surface area contributed by atoms with Crippen molar-refractivity contribution in [2.75, 3.05) is 13.7 Å². The van der Waals surface area contributed by atoms with E-state index in [1.54, 1.807) is 0 Å². The van der Waals surface area contributed by atoms with Crippen molar-refractivity contribution in [2.45, 2.75) is 25.4 Å². The molecule has 0 saturated carbocycles. The number of aromatic nitrogens is 1. The van der Waals surface area contributed by atoms with E-state index in [0.29, 0.717) is 5.92 Å². The number of nitrogens with one attached hydrogen (secondary N) is 1. The third-order valence-corrected chi connectivity index (χ3v) is 3.71. The second kappa shape index (κ2) is 5.49. The van der Waals surface area contributed by atoms with Crippen molar-refractivity contribution >= 4 is 0 Å². The number of para-hydroxylation sites is 1. The van der Waals surface area contributed by atoms with Crippen LogP contribution < -0.4 is 10.1 Å². The number of nitrogens with zero attached hydrogens (tertiary/aromatic N) is 1. The van der Waals surface area contributed by atoms with Crippen molar-refractivity contribution in [2.24, 2.45) is 0 Å². The Morgan fingerprint density at radius 3 is 3.11 bits per heavy atom. The lowest BCUT2D eigenvalue weighted by atomic mass is 9.93. The third kappa shape index (κ3) is 2.66. The van der Waals surface area contributed by atoms with Crippen molar-refractivity contribution in [3.05, 3.63) is 53.9 Å². The van der Waals surface area contributed by atoms with E-state index in [9.17, 15) is 0 Å². The summed E-state index contributed by atoms with van der Waals surface area (Å²) in [6, 6.07) is 10.6. The van der Waals surface area contributed by atoms with Crippen LogP contribution in [0.1, 0.15) is 23.5 Å². The zero-order valence-corrected chi connectivity index (χ0v) is 11.3. The second-order valence-electron chi connectivity index (χ2n) is 5.12. The maximum atomic E-state index is 5.72. The van der Waals surface area contributed by atoms with Crippen LogP contribution in [-0.4, -0.2) is 18.2 Å². The summed E-state index contributed by atoms with van der Waals surface area (Å²) in [6.07, 6.45) is 5.50. The lowest BCUT2D eigenvalue weighted by molar-refractivity contribution is 0.259. The van der Waals surface area contributed by atoms with E-state index in [0.717, 1.165) is 31.9 Å². The van der Waals surface area contributed by atoms with Crippen LogP contribution in [0.5, 0.6) is 5.75 Å². The molecule has 3 nitrogen and oxygen atoms in total. The zero-order chi connectivity index (χ0) is 13.1. The fraction of sp³-hybridized carbons (Fsp3) is 0.375. The van der Waals surface area contributed by atoms with Crippen molar-refractivity contribution < 1.29 is 4.74 Å². The monoisotopic (exact) mass is 256 g/mol. The number of hydrogen-bond acceptors (Lipinski definition) is 2. The van der Waals surface area contributed by atoms with Crippen molar-refractivity contribution in [3.63, 3.8) is 0 Å². The van der Waals surface area contributed by atoms with E-state index in [1.807, 2.05) is 13.1 Å². The van der Waals surface area contributed by atoms with E-state index in [2.05, 4.69) is 46.5 Å². The molecule has 0 spiro atoms. The quantitative estimate of drug-likeness (QED) is 0.910. The smallest absolute Gasteiger partial charge is 0.122 e. The lowest BCUT2D eigenvalue weighted by Gasteiger charge is -2.26. The van der Waals surface area contributed by atoms with Crippen LogP contribution in [-0.2, 0) is 13.1 Å². The Morgan fingerprint density at radius 2 is 2.21 bits per heavy atom. The molecule has 1 aromatic carbocycles. The number of rotatable bonds is 4. The van der Waals surface area contributed by atoms with Crippen LogP contribution in [0.2, 0.25) is 0 Å². The topological polar surface area (TPSA) is 26.2 Å². The minimum atomic E-state index is 0.555. The standard InChI is InChI=1S/C16H20N2O/c1-17-10-13-6-8-18(11-13)12-14-7-9-19-16-5-3-2-4-15(14)16/h2-6,8,11,14,17H,7,9-10,12H2,1H3. The van der Waals surface area contributed by atoms with Crippen LogP contribution in [0, 0.1) is 0 Å². The second-order valence-corrected chi connectivity index (χ2v) is 5.12. The maximum absolute atomic E-state index is 5.72. The predicted octanol–water partition coefficient (Wildman–Crippen LogP) is 2.77. The summed E-state index contributed by atoms with van der Waals surface area (Å²) in [6.45, 7) is 2.79. The summed E-state index contributed by atoms with van der Waals surface area (Å²) < 4.78 is 8.01. The highest BCUT2D eigenvalue weighted by Gasteiger charge is 2.21. The molecular formula is C16H20N2O. The van der Waals surface area contributed by atoms with Gasteiger partial charge in [0.2, 0.25) is 0 Å². The van der Waals surface area contributed by atoms with Crippen molar-refractivity contribution in [1.29, 1.82) is 0 Å². The first-order valence-electron chi connectivity index (χ1n) is 6.88. The lowest BCUT2D eigenvalue weighted by Crippen LogP contribution is -2.18. The van der Waals surface area contributed by atoms with Gasteiger partial charge in [-0.25, -0.2) is 0 Å². The van der Waals surface area contributed by atoms with Gasteiger partial charge in [0.15, 0.2) is 0 Å². The highest BCUT2D eigenvalue weighted by atomic mass is 16.5. The molecule has 0 radical (unpaired) electrons. The highest BCUT2D eigenvalue weighted by Crippen LogP contribution is 2.34. The average Bonchev–Trinajstić information content (AvgIpc) is 2.87. The summed E-state index contributed by atoms with van der Waals surface area (Å²) in [4.78, 5) is 0. The Hall–Kier alpha value is -1.74. The van der Waals surface area contributed by atoms with Gasteiger partial charge in [0.1, 0.15) is 5.75 Å². The van der Waals surface area contributed by atoms with E-state index in [1.165, 1.54) is 11.1 Å². The normalized spacial score (nSPS) is 17.8. The Morgan fingerprint density at radius 1 is 1.32 bits per heavy atom. The molecule has 19 heavy (non-hydrogen) atoms. The van der Waals surface area contributed by atoms with Crippen LogP contribution in [0.25, 0.3) is 0 Å². The van der Waals surface area contributed by atoms with Crippen molar-refractivity contribution in [1.82, 2.24) is 9.88 Å². The average molecular weight is 256 g/mol. The van der Waals surface area contributed by atoms with Gasteiger partial charge in [0, 0.05) is 31.4 Å².